The lowest BCUT2D eigenvalue weighted by atomic mass is 10.0. The molecule has 1 aromatic heterocycles. The molecule has 2 fully saturated rings. The molecule has 2 unspecified atom stereocenters. The first kappa shape index (κ1) is 28.7. The first-order valence-electron chi connectivity index (χ1n) is 13.7. The number of nitrogens with zero attached hydrogens (tertiary/aromatic N) is 3. The van der Waals surface area contributed by atoms with Crippen LogP contribution < -0.4 is 20.7 Å². The number of benzene rings is 2. The molecule has 2 N–H and O–H groups in total. The van der Waals surface area contributed by atoms with Crippen LogP contribution in [0.1, 0.15) is 42.6 Å². The van der Waals surface area contributed by atoms with Crippen LogP contribution in [0.5, 0.6) is 0 Å². The highest BCUT2D eigenvalue weighted by Gasteiger charge is 2.36. The van der Waals surface area contributed by atoms with E-state index >= 15 is 4.39 Å². The van der Waals surface area contributed by atoms with E-state index in [1.807, 2.05) is 37.9 Å². The number of nitrogens with one attached hydrogen (secondary N) is 2. The number of piperazine rings is 1. The molecule has 2 aliphatic rings. The fraction of sp³-hybridized carbons (Fsp3) is 0.400. The first-order chi connectivity index (χ1) is 19.4. The predicted octanol–water partition coefficient (Wildman–Crippen LogP) is 5.58. The maximum atomic E-state index is 15.7. The molecule has 3 aromatic rings. The number of anilines is 3. The molecule has 5 rings (SSSR count). The number of hydrogen-bond donors (Lipinski definition) is 2. The molecule has 2 aliphatic heterocycles. The molecule has 3 heterocycles. The number of hydrogen-bond acceptors (Lipinski definition) is 5. The Kier molecular flexibility index (Phi) is 7.83. The summed E-state index contributed by atoms with van der Waals surface area (Å²) in [4.78, 5) is 33.4. The molecule has 1 amide bonds. The maximum Gasteiger partial charge on any atom is 0.417 e. The lowest BCUT2D eigenvalue weighted by molar-refractivity contribution is -0.138. The van der Waals surface area contributed by atoms with Gasteiger partial charge >= 0.3 is 6.18 Å². The quantitative estimate of drug-likeness (QED) is 0.392. The summed E-state index contributed by atoms with van der Waals surface area (Å²) < 4.78 is 56.8. The molecule has 0 spiro atoms. The summed E-state index contributed by atoms with van der Waals surface area (Å²) in [6.07, 6.45) is -1.93. The number of aromatic amines is 1. The fourth-order valence-corrected chi connectivity index (χ4v) is 5.66. The van der Waals surface area contributed by atoms with Gasteiger partial charge in [0.05, 0.1) is 22.5 Å². The zero-order valence-electron chi connectivity index (χ0n) is 23.2. The smallest absolute Gasteiger partial charge is 0.372 e. The third-order valence-electron chi connectivity index (χ3n) is 8.16. The van der Waals surface area contributed by atoms with Crippen LogP contribution in [0.2, 0.25) is 0 Å². The molecule has 2 aromatic carbocycles. The van der Waals surface area contributed by atoms with Crippen LogP contribution in [-0.4, -0.2) is 61.1 Å². The monoisotopic (exact) mass is 571 g/mol. The van der Waals surface area contributed by atoms with E-state index in [1.54, 1.807) is 12.1 Å². The van der Waals surface area contributed by atoms with Crippen LogP contribution in [0.15, 0.2) is 53.5 Å². The predicted molar refractivity (Wildman–Crippen MR) is 152 cm³/mol. The second-order valence-corrected chi connectivity index (χ2v) is 10.9. The van der Waals surface area contributed by atoms with Crippen LogP contribution in [0.4, 0.5) is 34.6 Å². The number of likely N-dealkylation sites (N-methyl/N-ethyl adjacent to an activating group) is 1. The van der Waals surface area contributed by atoms with Gasteiger partial charge in [0.25, 0.3) is 5.91 Å². The maximum absolute atomic E-state index is 15.7. The largest absolute Gasteiger partial charge is 0.417 e. The lowest BCUT2D eigenvalue weighted by Gasteiger charge is -2.44. The van der Waals surface area contributed by atoms with Crippen molar-refractivity contribution in [3.05, 3.63) is 76.0 Å². The fourth-order valence-electron chi connectivity index (χ4n) is 5.66. The van der Waals surface area contributed by atoms with Gasteiger partial charge in [-0.1, -0.05) is 12.1 Å². The van der Waals surface area contributed by atoms with Crippen LogP contribution in [-0.2, 0) is 6.18 Å². The van der Waals surface area contributed by atoms with Crippen molar-refractivity contribution in [1.82, 2.24) is 9.88 Å². The Morgan fingerprint density at radius 2 is 1.61 bits per heavy atom. The molecule has 0 aliphatic carbocycles. The van der Waals surface area contributed by atoms with Crippen molar-refractivity contribution >= 4 is 23.0 Å². The zero-order valence-corrected chi connectivity index (χ0v) is 23.2. The van der Waals surface area contributed by atoms with E-state index in [4.69, 9.17) is 0 Å². The van der Waals surface area contributed by atoms with Crippen LogP contribution in [0, 0.1) is 5.82 Å². The number of carbonyl (C=O) groups excluding carboxylic acids is 1. The molecule has 2 saturated heterocycles. The van der Waals surface area contributed by atoms with Gasteiger partial charge in [0, 0.05) is 61.8 Å². The lowest BCUT2D eigenvalue weighted by Crippen LogP contribution is -2.55. The molecule has 0 radical (unpaired) electrons. The Morgan fingerprint density at radius 1 is 0.976 bits per heavy atom. The number of pyridine rings is 1. The number of halogens is 4. The SMILES string of the molecule is CC1CN(c2cc(F)c(-c3ccc(N4CCCC4)cc3)cc2NC(=O)c2c[nH]c(=O)cc2C(F)(F)F)CC(C)N1C. The van der Waals surface area contributed by atoms with E-state index in [0.717, 1.165) is 37.8 Å². The van der Waals surface area contributed by atoms with Gasteiger partial charge in [0.15, 0.2) is 0 Å². The second-order valence-electron chi connectivity index (χ2n) is 10.9. The number of H-pyrrole nitrogens is 1. The van der Waals surface area contributed by atoms with Gasteiger partial charge in [-0.05, 0) is 63.6 Å². The molecule has 41 heavy (non-hydrogen) atoms. The van der Waals surface area contributed by atoms with Crippen molar-refractivity contribution in [3.63, 3.8) is 0 Å². The Labute approximate surface area is 235 Å². The van der Waals surface area contributed by atoms with Crippen molar-refractivity contribution in [3.8, 4) is 11.1 Å². The average molecular weight is 572 g/mol. The molecular weight excluding hydrogens is 538 g/mol. The Balaban J connectivity index is 1.55. The van der Waals surface area contributed by atoms with Crippen molar-refractivity contribution < 1.29 is 22.4 Å². The normalized spacial score (nSPS) is 20.0. The Bertz CT molecular complexity index is 1470. The van der Waals surface area contributed by atoms with Crippen molar-refractivity contribution in [2.45, 2.75) is 44.9 Å². The van der Waals surface area contributed by atoms with E-state index < -0.39 is 34.6 Å². The highest BCUT2D eigenvalue weighted by molar-refractivity contribution is 6.07. The van der Waals surface area contributed by atoms with Gasteiger partial charge in [-0.2, -0.15) is 13.2 Å². The minimum atomic E-state index is -4.92. The topological polar surface area (TPSA) is 71.7 Å². The third kappa shape index (κ3) is 5.95. The van der Waals surface area contributed by atoms with Gasteiger partial charge in [-0.3, -0.25) is 14.5 Å². The highest BCUT2D eigenvalue weighted by atomic mass is 19.4. The number of aromatic nitrogens is 1. The summed E-state index contributed by atoms with van der Waals surface area (Å²) in [6, 6.07) is 10.8. The molecule has 0 bridgehead atoms. The second kappa shape index (κ2) is 11.2. The van der Waals surface area contributed by atoms with Gasteiger partial charge in [0.2, 0.25) is 5.56 Å². The van der Waals surface area contributed by atoms with Crippen molar-refractivity contribution in [2.75, 3.05) is 48.3 Å². The summed E-state index contributed by atoms with van der Waals surface area (Å²) in [6.45, 7) is 7.04. The summed E-state index contributed by atoms with van der Waals surface area (Å²) >= 11 is 0. The highest BCUT2D eigenvalue weighted by Crippen LogP contribution is 2.38. The standard InChI is InChI=1S/C30H33F4N5O2/c1-18-16-39(17-19(2)37(18)3)27-14-25(31)22(20-6-8-21(9-7-20)38-10-4-5-11-38)12-26(27)36-29(41)23-15-35-28(40)13-24(23)30(32,33)34/h6-9,12-15,18-19H,4-5,10-11,16-17H2,1-3H3,(H,35,40)(H,36,41). The van der Waals surface area contributed by atoms with Crippen molar-refractivity contribution in [1.29, 1.82) is 0 Å². The zero-order chi connectivity index (χ0) is 29.5. The van der Waals surface area contributed by atoms with Crippen molar-refractivity contribution in [2.24, 2.45) is 0 Å². The van der Waals surface area contributed by atoms with Gasteiger partial charge in [-0.15, -0.1) is 0 Å². The Hall–Kier alpha value is -3.86. The summed E-state index contributed by atoms with van der Waals surface area (Å²) in [5.74, 6) is -1.57. The van der Waals surface area contributed by atoms with E-state index in [9.17, 15) is 22.8 Å². The average Bonchev–Trinajstić information content (AvgIpc) is 3.47. The van der Waals surface area contributed by atoms with E-state index in [2.05, 4.69) is 20.1 Å². The van der Waals surface area contributed by atoms with Gasteiger partial charge in [-0.25, -0.2) is 4.39 Å². The number of alkyl halides is 3. The van der Waals surface area contributed by atoms with Crippen LogP contribution in [0.3, 0.4) is 0 Å². The van der Waals surface area contributed by atoms with Crippen LogP contribution >= 0.6 is 0 Å². The van der Waals surface area contributed by atoms with Crippen LogP contribution in [0.25, 0.3) is 11.1 Å². The molecular formula is C30H33F4N5O2. The minimum Gasteiger partial charge on any atom is -0.372 e. The molecule has 218 valence electrons. The number of carbonyl (C=O) groups is 1. The minimum absolute atomic E-state index is 0.110. The number of rotatable bonds is 5. The summed E-state index contributed by atoms with van der Waals surface area (Å²) in [7, 11) is 2.00. The van der Waals surface area contributed by atoms with E-state index in [-0.39, 0.29) is 23.3 Å². The summed E-state index contributed by atoms with van der Waals surface area (Å²) in [5.41, 5.74) is -0.675. The molecule has 2 atom stereocenters. The molecule has 11 heteroatoms. The van der Waals surface area contributed by atoms with E-state index in [0.29, 0.717) is 30.4 Å². The first-order valence-corrected chi connectivity index (χ1v) is 13.7. The molecule has 0 saturated carbocycles. The Morgan fingerprint density at radius 3 is 2.22 bits per heavy atom. The number of amides is 1. The third-order valence-corrected chi connectivity index (χ3v) is 8.16. The van der Waals surface area contributed by atoms with E-state index in [1.165, 1.54) is 12.1 Å². The molecule has 7 nitrogen and oxygen atoms in total. The van der Waals surface area contributed by atoms with Gasteiger partial charge in [0.1, 0.15) is 5.82 Å². The summed E-state index contributed by atoms with van der Waals surface area (Å²) in [5, 5.41) is 2.60. The van der Waals surface area contributed by atoms with Gasteiger partial charge < -0.3 is 20.1 Å².